The number of Topliss-reactive ketones (excluding diaryl/α,β-unsaturated/α-hetero) is 1. The Hall–Kier alpha value is -2.90. The molecule has 146 valence electrons. The number of allylic oxidation sites excluding steroid dienone is 1. The summed E-state index contributed by atoms with van der Waals surface area (Å²) in [6.45, 7) is 0.139. The second-order valence-electron chi connectivity index (χ2n) is 6.48. The maximum atomic E-state index is 13.4. The predicted octanol–water partition coefficient (Wildman–Crippen LogP) is 4.94. The molecule has 3 aromatic rings. The molecule has 0 radical (unpaired) electrons. The largest absolute Gasteiger partial charge is 0.359 e. The topological polar surface area (TPSA) is 66.5 Å². The fraction of sp³-hybridized carbons (Fsp3) is 0.0455. The molecule has 0 saturated carbocycles. The number of nitrogens with zero attached hydrogens (tertiary/aromatic N) is 1. The number of ketones is 1. The molecule has 0 atom stereocenters. The van der Waals surface area contributed by atoms with E-state index in [9.17, 15) is 13.2 Å². The summed E-state index contributed by atoms with van der Waals surface area (Å²) in [5.41, 5.74) is 2.24. The molecule has 0 amide bonds. The second kappa shape index (κ2) is 7.85. The lowest BCUT2D eigenvalue weighted by Crippen LogP contribution is -2.39. The first kappa shape index (κ1) is 19.4. The Morgan fingerprint density at radius 3 is 2.31 bits per heavy atom. The van der Waals surface area contributed by atoms with E-state index in [0.717, 1.165) is 10.0 Å². The SMILES string of the molecule is O=C1C(=CNc2ccccc2Br)S(=O)(=O)N(Cc2ccccc2)c2ccccc21. The van der Waals surface area contributed by atoms with Crippen LogP contribution in [-0.2, 0) is 16.6 Å². The van der Waals surface area contributed by atoms with Crippen molar-refractivity contribution in [2.45, 2.75) is 6.54 Å². The predicted molar refractivity (Wildman–Crippen MR) is 118 cm³/mol. The van der Waals surface area contributed by atoms with Gasteiger partial charge >= 0.3 is 0 Å². The Labute approximate surface area is 177 Å². The van der Waals surface area contributed by atoms with Gasteiger partial charge in [-0.1, -0.05) is 54.6 Å². The molecule has 0 saturated heterocycles. The molecule has 0 spiro atoms. The van der Waals surface area contributed by atoms with E-state index >= 15 is 0 Å². The molecule has 5 nitrogen and oxygen atoms in total. The molecule has 0 fully saturated rings. The maximum Gasteiger partial charge on any atom is 0.270 e. The highest BCUT2D eigenvalue weighted by Crippen LogP contribution is 2.36. The van der Waals surface area contributed by atoms with Gasteiger partial charge < -0.3 is 5.32 Å². The molecular formula is C22H17BrN2O3S. The average molecular weight is 469 g/mol. The Morgan fingerprint density at radius 2 is 1.55 bits per heavy atom. The van der Waals surface area contributed by atoms with Gasteiger partial charge in [-0.2, -0.15) is 0 Å². The minimum atomic E-state index is -4.04. The van der Waals surface area contributed by atoms with Gasteiger partial charge in [0.15, 0.2) is 4.91 Å². The van der Waals surface area contributed by atoms with E-state index in [4.69, 9.17) is 0 Å². The van der Waals surface area contributed by atoms with Gasteiger partial charge in [0, 0.05) is 16.2 Å². The summed E-state index contributed by atoms with van der Waals surface area (Å²) >= 11 is 3.41. The van der Waals surface area contributed by atoms with Gasteiger partial charge in [-0.15, -0.1) is 0 Å². The number of rotatable bonds is 4. The molecule has 29 heavy (non-hydrogen) atoms. The zero-order valence-electron chi connectivity index (χ0n) is 15.2. The number of carbonyl (C=O) groups excluding carboxylic acids is 1. The molecule has 7 heteroatoms. The van der Waals surface area contributed by atoms with Gasteiger partial charge in [-0.05, 0) is 45.8 Å². The van der Waals surface area contributed by atoms with Gasteiger partial charge in [-0.3, -0.25) is 9.10 Å². The average Bonchev–Trinajstić information content (AvgIpc) is 2.73. The van der Waals surface area contributed by atoms with Crippen molar-refractivity contribution < 1.29 is 13.2 Å². The van der Waals surface area contributed by atoms with Crippen molar-refractivity contribution in [3.63, 3.8) is 0 Å². The Bertz CT molecular complexity index is 1210. The van der Waals surface area contributed by atoms with Crippen LogP contribution in [0.15, 0.2) is 94.4 Å². The van der Waals surface area contributed by atoms with Crippen LogP contribution in [0, 0.1) is 0 Å². The summed E-state index contributed by atoms with van der Waals surface area (Å²) in [4.78, 5) is 12.7. The first-order chi connectivity index (χ1) is 14.0. The lowest BCUT2D eigenvalue weighted by Gasteiger charge is -2.31. The van der Waals surface area contributed by atoms with Gasteiger partial charge in [0.05, 0.1) is 17.9 Å². The quantitative estimate of drug-likeness (QED) is 0.550. The normalized spacial score (nSPS) is 16.5. The third-order valence-electron chi connectivity index (χ3n) is 4.61. The number of carbonyl (C=O) groups is 1. The van der Waals surface area contributed by atoms with Crippen LogP contribution >= 0.6 is 15.9 Å². The van der Waals surface area contributed by atoms with Crippen LogP contribution in [0.25, 0.3) is 0 Å². The fourth-order valence-electron chi connectivity index (χ4n) is 3.16. The molecule has 1 aliphatic rings. The van der Waals surface area contributed by atoms with E-state index in [1.807, 2.05) is 48.5 Å². The van der Waals surface area contributed by atoms with E-state index in [2.05, 4.69) is 21.2 Å². The zero-order chi connectivity index (χ0) is 20.4. The standard InChI is InChI=1S/C22H17BrN2O3S/c23-18-11-5-6-12-19(18)24-14-21-22(26)17-10-4-7-13-20(17)25(29(21,27)28)15-16-8-2-1-3-9-16/h1-14,24H,15H2. The van der Waals surface area contributed by atoms with Crippen molar-refractivity contribution in [3.05, 3.63) is 106 Å². The Kier molecular flexibility index (Phi) is 5.25. The molecule has 3 aromatic carbocycles. The minimum absolute atomic E-state index is 0.139. The molecule has 0 bridgehead atoms. The third kappa shape index (κ3) is 3.71. The Balaban J connectivity index is 1.80. The lowest BCUT2D eigenvalue weighted by molar-refractivity contribution is 0.104. The highest BCUT2D eigenvalue weighted by molar-refractivity contribution is 9.10. The van der Waals surface area contributed by atoms with Crippen LogP contribution in [0.5, 0.6) is 0 Å². The first-order valence-electron chi connectivity index (χ1n) is 8.90. The van der Waals surface area contributed by atoms with Gasteiger partial charge in [0.2, 0.25) is 5.78 Å². The summed E-state index contributed by atoms with van der Waals surface area (Å²) in [5, 5.41) is 2.95. The number of anilines is 2. The van der Waals surface area contributed by atoms with Crippen LogP contribution in [0.4, 0.5) is 11.4 Å². The lowest BCUT2D eigenvalue weighted by atomic mass is 10.1. The summed E-state index contributed by atoms with van der Waals surface area (Å²) in [5.74, 6) is -0.524. The van der Waals surface area contributed by atoms with Crippen molar-refractivity contribution in [1.29, 1.82) is 0 Å². The summed E-state index contributed by atoms with van der Waals surface area (Å²) in [7, 11) is -4.04. The summed E-state index contributed by atoms with van der Waals surface area (Å²) in [6, 6.07) is 23.4. The molecule has 1 aliphatic heterocycles. The van der Waals surface area contributed by atoms with Crippen molar-refractivity contribution in [2.75, 3.05) is 9.62 Å². The highest BCUT2D eigenvalue weighted by atomic mass is 79.9. The molecule has 0 unspecified atom stereocenters. The number of para-hydroxylation sites is 2. The van der Waals surface area contributed by atoms with E-state index in [-0.39, 0.29) is 11.4 Å². The van der Waals surface area contributed by atoms with E-state index in [1.54, 1.807) is 30.3 Å². The number of hydrogen-bond donors (Lipinski definition) is 1. The number of fused-ring (bicyclic) bond motifs is 1. The van der Waals surface area contributed by atoms with E-state index in [1.165, 1.54) is 10.5 Å². The van der Waals surface area contributed by atoms with Gasteiger partial charge in [-0.25, -0.2) is 8.42 Å². The maximum absolute atomic E-state index is 13.4. The summed E-state index contributed by atoms with van der Waals surface area (Å²) < 4.78 is 28.8. The summed E-state index contributed by atoms with van der Waals surface area (Å²) in [6.07, 6.45) is 1.27. The van der Waals surface area contributed by atoms with Crippen LogP contribution in [-0.4, -0.2) is 14.2 Å². The smallest absolute Gasteiger partial charge is 0.270 e. The van der Waals surface area contributed by atoms with Crippen molar-refractivity contribution >= 4 is 43.1 Å². The number of nitrogens with one attached hydrogen (secondary N) is 1. The van der Waals surface area contributed by atoms with Gasteiger partial charge in [0.1, 0.15) is 0 Å². The highest BCUT2D eigenvalue weighted by Gasteiger charge is 2.40. The zero-order valence-corrected chi connectivity index (χ0v) is 17.7. The molecule has 4 rings (SSSR count). The van der Waals surface area contributed by atoms with Crippen LogP contribution < -0.4 is 9.62 Å². The number of halogens is 1. The molecular weight excluding hydrogens is 452 g/mol. The van der Waals surface area contributed by atoms with Gasteiger partial charge in [0.25, 0.3) is 10.0 Å². The number of sulfonamides is 1. The van der Waals surface area contributed by atoms with Crippen LogP contribution in [0.3, 0.4) is 0 Å². The van der Waals surface area contributed by atoms with Crippen LogP contribution in [0.1, 0.15) is 15.9 Å². The van der Waals surface area contributed by atoms with Crippen molar-refractivity contribution in [2.24, 2.45) is 0 Å². The fourth-order valence-corrected chi connectivity index (χ4v) is 5.09. The monoisotopic (exact) mass is 468 g/mol. The van der Waals surface area contributed by atoms with E-state index in [0.29, 0.717) is 16.9 Å². The first-order valence-corrected chi connectivity index (χ1v) is 11.1. The van der Waals surface area contributed by atoms with E-state index < -0.39 is 15.8 Å². The molecule has 0 aromatic heterocycles. The minimum Gasteiger partial charge on any atom is -0.359 e. The van der Waals surface area contributed by atoms with Crippen molar-refractivity contribution in [1.82, 2.24) is 0 Å². The molecule has 0 aliphatic carbocycles. The number of benzene rings is 3. The molecule has 1 heterocycles. The number of hydrogen-bond acceptors (Lipinski definition) is 4. The third-order valence-corrected chi connectivity index (χ3v) is 7.07. The second-order valence-corrected chi connectivity index (χ2v) is 9.16. The van der Waals surface area contributed by atoms with Crippen LogP contribution in [0.2, 0.25) is 0 Å². The molecule has 1 N–H and O–H groups in total. The van der Waals surface area contributed by atoms with Crippen molar-refractivity contribution in [3.8, 4) is 0 Å². The Morgan fingerprint density at radius 1 is 0.897 bits per heavy atom.